The van der Waals surface area contributed by atoms with Gasteiger partial charge in [-0.2, -0.15) is 0 Å². The van der Waals surface area contributed by atoms with Gasteiger partial charge in [-0.1, -0.05) is 12.1 Å². The summed E-state index contributed by atoms with van der Waals surface area (Å²) in [5.41, 5.74) is 2.90. The van der Waals surface area contributed by atoms with E-state index in [1.807, 2.05) is 50.2 Å². The smallest absolute Gasteiger partial charge is 0.242 e. The Morgan fingerprint density at radius 1 is 1.19 bits per heavy atom. The molecular formula is C22H27N3O2. The lowest BCUT2D eigenvalue weighted by atomic mass is 9.96. The first kappa shape index (κ1) is 18.0. The van der Waals surface area contributed by atoms with E-state index in [9.17, 15) is 4.79 Å². The summed E-state index contributed by atoms with van der Waals surface area (Å²) in [7, 11) is 1.89. The minimum absolute atomic E-state index is 0.129. The molecule has 27 heavy (non-hydrogen) atoms. The fourth-order valence-corrected chi connectivity index (χ4v) is 4.21. The van der Waals surface area contributed by atoms with Crippen LogP contribution in [-0.2, 0) is 4.79 Å². The number of hydrogen-bond acceptors (Lipinski definition) is 4. The molecule has 1 amide bonds. The Balaban J connectivity index is 1.52. The molecule has 0 unspecified atom stereocenters. The van der Waals surface area contributed by atoms with Crippen LogP contribution in [0.5, 0.6) is 5.75 Å². The number of rotatable bonds is 4. The fourth-order valence-electron chi connectivity index (χ4n) is 4.21. The molecule has 0 bridgehead atoms. The Labute approximate surface area is 160 Å². The quantitative estimate of drug-likeness (QED) is 0.900. The largest absolute Gasteiger partial charge is 0.491 e. The van der Waals surface area contributed by atoms with Gasteiger partial charge < -0.3 is 9.64 Å². The second-order valence-electron chi connectivity index (χ2n) is 7.95. The number of ether oxygens (including phenoxy) is 1. The maximum Gasteiger partial charge on any atom is 0.242 e. The Bertz CT molecular complexity index is 834. The topological polar surface area (TPSA) is 54.5 Å². The van der Waals surface area contributed by atoms with E-state index < -0.39 is 0 Å². The second-order valence-corrected chi connectivity index (χ2v) is 7.95. The molecule has 5 heteroatoms. The Morgan fingerprint density at radius 3 is 2.63 bits per heavy atom. The highest BCUT2D eigenvalue weighted by Gasteiger charge is 2.50. The van der Waals surface area contributed by atoms with E-state index in [2.05, 4.69) is 28.5 Å². The van der Waals surface area contributed by atoms with Crippen molar-refractivity contribution in [1.29, 1.82) is 0 Å². The van der Waals surface area contributed by atoms with Gasteiger partial charge in [0.15, 0.2) is 0 Å². The number of likely N-dealkylation sites (tertiary alicyclic amines) is 1. The molecule has 142 valence electrons. The number of amides is 1. The Morgan fingerprint density at radius 2 is 1.96 bits per heavy atom. The zero-order valence-electron chi connectivity index (χ0n) is 16.2. The molecule has 2 aliphatic rings. The molecule has 2 aromatic rings. The molecule has 2 aliphatic heterocycles. The van der Waals surface area contributed by atoms with E-state index in [4.69, 9.17) is 4.74 Å². The van der Waals surface area contributed by atoms with Crippen LogP contribution in [0.3, 0.4) is 0 Å². The van der Waals surface area contributed by atoms with Crippen LogP contribution >= 0.6 is 0 Å². The number of benzene rings is 1. The molecule has 2 saturated heterocycles. The van der Waals surface area contributed by atoms with Gasteiger partial charge in [0.05, 0.1) is 17.8 Å². The summed E-state index contributed by atoms with van der Waals surface area (Å²) in [5.74, 6) is 1.10. The first-order chi connectivity index (χ1) is 13.0. The summed E-state index contributed by atoms with van der Waals surface area (Å²) >= 11 is 0. The average Bonchev–Trinajstić information content (AvgIpc) is 3.22. The lowest BCUT2D eigenvalue weighted by Gasteiger charge is -2.23. The van der Waals surface area contributed by atoms with Gasteiger partial charge in [0.1, 0.15) is 11.3 Å². The molecule has 2 fully saturated rings. The van der Waals surface area contributed by atoms with Crippen molar-refractivity contribution in [1.82, 2.24) is 15.2 Å². The number of likely N-dealkylation sites (N-methyl/N-ethyl adjacent to an activating group) is 1. The number of hydrogen-bond donors (Lipinski definition) is 1. The van der Waals surface area contributed by atoms with Crippen LogP contribution in [-0.4, -0.2) is 41.0 Å². The number of carbonyl (C=O) groups excluding carboxylic acids is 1. The molecule has 5 nitrogen and oxygen atoms in total. The molecule has 1 aromatic carbocycles. The number of carbonyl (C=O) groups is 1. The van der Waals surface area contributed by atoms with E-state index in [0.29, 0.717) is 0 Å². The minimum Gasteiger partial charge on any atom is -0.491 e. The van der Waals surface area contributed by atoms with Gasteiger partial charge in [0, 0.05) is 19.8 Å². The first-order valence-electron chi connectivity index (χ1n) is 9.73. The van der Waals surface area contributed by atoms with E-state index in [1.54, 1.807) is 0 Å². The van der Waals surface area contributed by atoms with Crippen molar-refractivity contribution in [3.8, 4) is 16.9 Å². The predicted molar refractivity (Wildman–Crippen MR) is 106 cm³/mol. The molecule has 0 saturated carbocycles. The summed E-state index contributed by atoms with van der Waals surface area (Å²) in [6, 6.07) is 12.5. The van der Waals surface area contributed by atoms with Crippen molar-refractivity contribution in [3.05, 3.63) is 48.3 Å². The van der Waals surface area contributed by atoms with Crippen molar-refractivity contribution in [2.75, 3.05) is 13.6 Å². The van der Waals surface area contributed by atoms with Crippen molar-refractivity contribution in [3.63, 3.8) is 0 Å². The lowest BCUT2D eigenvalue weighted by Crippen LogP contribution is -2.47. The molecule has 3 heterocycles. The Kier molecular flexibility index (Phi) is 4.64. The molecule has 2 atom stereocenters. The SMILES string of the molecule is CC(C)Oc1ccc(-c2ccnc([C@@H]3CC[C@@]4(CCN(C)C4=O)N3)c2)cc1. The highest BCUT2D eigenvalue weighted by atomic mass is 16.5. The number of nitrogens with zero attached hydrogens (tertiary/aromatic N) is 2. The van der Waals surface area contributed by atoms with E-state index >= 15 is 0 Å². The van der Waals surface area contributed by atoms with Gasteiger partial charge in [-0.25, -0.2) is 0 Å². The monoisotopic (exact) mass is 365 g/mol. The van der Waals surface area contributed by atoms with Crippen molar-refractivity contribution >= 4 is 5.91 Å². The van der Waals surface area contributed by atoms with E-state index in [-0.39, 0.29) is 23.6 Å². The third-order valence-corrected chi connectivity index (χ3v) is 5.64. The molecule has 4 rings (SSSR count). The molecule has 1 spiro atoms. The molecule has 1 N–H and O–H groups in total. The summed E-state index contributed by atoms with van der Waals surface area (Å²) in [6.07, 6.45) is 4.74. The van der Waals surface area contributed by atoms with Crippen LogP contribution in [0.2, 0.25) is 0 Å². The number of nitrogens with one attached hydrogen (secondary N) is 1. The number of aromatic nitrogens is 1. The van der Waals surface area contributed by atoms with E-state index in [0.717, 1.165) is 48.4 Å². The average molecular weight is 365 g/mol. The maximum atomic E-state index is 12.5. The summed E-state index contributed by atoms with van der Waals surface area (Å²) < 4.78 is 5.72. The highest BCUT2D eigenvalue weighted by Crippen LogP contribution is 2.39. The molecular weight excluding hydrogens is 338 g/mol. The van der Waals surface area contributed by atoms with Gasteiger partial charge in [-0.05, 0) is 68.5 Å². The lowest BCUT2D eigenvalue weighted by molar-refractivity contribution is -0.131. The van der Waals surface area contributed by atoms with E-state index in [1.165, 1.54) is 0 Å². The standard InChI is InChI=1S/C22H27N3O2/c1-15(2)27-18-6-4-16(5-7-18)17-9-12-23-20(14-17)19-8-10-22(24-19)11-13-25(3)21(22)26/h4-7,9,12,14-15,19,24H,8,10-11,13H2,1-3H3/t19-,22-/m0/s1. The second kappa shape index (κ2) is 6.97. The maximum absolute atomic E-state index is 12.5. The van der Waals surface area contributed by atoms with Gasteiger partial charge in [0.2, 0.25) is 5.91 Å². The van der Waals surface area contributed by atoms with Crippen LogP contribution in [0.1, 0.15) is 44.8 Å². The summed E-state index contributed by atoms with van der Waals surface area (Å²) in [5, 5.41) is 3.60. The van der Waals surface area contributed by atoms with Crippen molar-refractivity contribution < 1.29 is 9.53 Å². The van der Waals surface area contributed by atoms with Crippen LogP contribution < -0.4 is 10.1 Å². The van der Waals surface area contributed by atoms with Crippen LogP contribution in [0.15, 0.2) is 42.6 Å². The van der Waals surface area contributed by atoms with Gasteiger partial charge in [0.25, 0.3) is 0 Å². The first-order valence-corrected chi connectivity index (χ1v) is 9.73. The minimum atomic E-state index is -0.382. The molecule has 1 aromatic heterocycles. The van der Waals surface area contributed by atoms with Gasteiger partial charge in [-0.3, -0.25) is 15.1 Å². The molecule has 0 aliphatic carbocycles. The fraction of sp³-hybridized carbons (Fsp3) is 0.455. The highest BCUT2D eigenvalue weighted by molar-refractivity contribution is 5.88. The van der Waals surface area contributed by atoms with Crippen molar-refractivity contribution in [2.45, 2.75) is 50.8 Å². The zero-order valence-corrected chi connectivity index (χ0v) is 16.2. The van der Waals surface area contributed by atoms with Crippen LogP contribution in [0, 0.1) is 0 Å². The van der Waals surface area contributed by atoms with Gasteiger partial charge >= 0.3 is 0 Å². The normalized spacial score (nSPS) is 25.0. The van der Waals surface area contributed by atoms with Gasteiger partial charge in [-0.15, -0.1) is 0 Å². The van der Waals surface area contributed by atoms with Crippen molar-refractivity contribution in [2.24, 2.45) is 0 Å². The summed E-state index contributed by atoms with van der Waals surface area (Å²) in [4.78, 5) is 19.0. The van der Waals surface area contributed by atoms with Crippen LogP contribution in [0.4, 0.5) is 0 Å². The molecule has 0 radical (unpaired) electrons. The third-order valence-electron chi connectivity index (χ3n) is 5.64. The zero-order chi connectivity index (χ0) is 19.0. The predicted octanol–water partition coefficient (Wildman–Crippen LogP) is 3.56. The van der Waals surface area contributed by atoms with Crippen LogP contribution in [0.25, 0.3) is 11.1 Å². The third kappa shape index (κ3) is 3.44. The Hall–Kier alpha value is -2.40. The summed E-state index contributed by atoms with van der Waals surface area (Å²) in [6.45, 7) is 4.88. The number of pyridine rings is 1.